The fourth-order valence-corrected chi connectivity index (χ4v) is 2.49. The minimum atomic E-state index is 0. The van der Waals surface area contributed by atoms with Gasteiger partial charge in [0.05, 0.1) is 6.54 Å². The second-order valence-corrected chi connectivity index (χ2v) is 5.65. The maximum atomic E-state index is 11.9. The Hall–Kier alpha value is -1.31. The molecule has 0 saturated carbocycles. The number of benzene rings is 1. The van der Waals surface area contributed by atoms with E-state index in [1.54, 1.807) is 0 Å². The van der Waals surface area contributed by atoms with Crippen molar-refractivity contribution in [1.29, 1.82) is 0 Å². The summed E-state index contributed by atoms with van der Waals surface area (Å²) in [4.78, 5) is 18.1. The molecule has 1 amide bonds. The average molecular weight is 430 g/mol. The first kappa shape index (κ1) is 19.7. The van der Waals surface area contributed by atoms with Crippen molar-refractivity contribution in [2.24, 2.45) is 10.7 Å². The largest absolute Gasteiger partial charge is 0.370 e. The maximum Gasteiger partial charge on any atom is 0.226 e. The molecule has 0 unspecified atom stereocenters. The van der Waals surface area contributed by atoms with Crippen molar-refractivity contribution in [2.75, 3.05) is 18.0 Å². The highest BCUT2D eigenvalue weighted by Gasteiger charge is 2.19. The van der Waals surface area contributed by atoms with Crippen LogP contribution in [0, 0.1) is 0 Å². The van der Waals surface area contributed by atoms with Crippen molar-refractivity contribution in [2.45, 2.75) is 45.6 Å². The number of piperidine rings is 1. The van der Waals surface area contributed by atoms with Crippen molar-refractivity contribution in [3.8, 4) is 0 Å². The molecule has 2 rings (SSSR count). The van der Waals surface area contributed by atoms with Crippen LogP contribution in [0.4, 0.5) is 5.69 Å². The van der Waals surface area contributed by atoms with E-state index in [1.165, 1.54) is 0 Å². The molecule has 5 nitrogen and oxygen atoms in total. The summed E-state index contributed by atoms with van der Waals surface area (Å²) in [6.45, 7) is 4.38. The molecule has 128 valence electrons. The van der Waals surface area contributed by atoms with Crippen LogP contribution < -0.4 is 16.0 Å². The second-order valence-electron chi connectivity index (χ2n) is 5.65. The topological polar surface area (TPSA) is 70.7 Å². The molecule has 1 aliphatic rings. The number of hydrogen-bond acceptors (Lipinski definition) is 2. The van der Waals surface area contributed by atoms with Crippen molar-refractivity contribution in [1.82, 2.24) is 5.32 Å². The standard InChI is InChI=1S/C17H26N4O.HI/c1-2-3-11-19-17(18)20-13-14-7-9-15(10-8-14)21-12-5-4-6-16(21)22;/h7-10H,2-6,11-13H2,1H3,(H3,18,19,20);1H. The molecule has 1 fully saturated rings. The van der Waals surface area contributed by atoms with Crippen LogP contribution >= 0.6 is 24.0 Å². The third-order valence-electron chi connectivity index (χ3n) is 3.84. The van der Waals surface area contributed by atoms with E-state index in [2.05, 4.69) is 17.2 Å². The number of amides is 1. The molecule has 1 aromatic rings. The SMILES string of the molecule is CCCCNC(N)=NCc1ccc(N2CCCCC2=O)cc1.I. The fourth-order valence-electron chi connectivity index (χ4n) is 2.49. The summed E-state index contributed by atoms with van der Waals surface area (Å²) in [7, 11) is 0. The molecule has 0 spiro atoms. The molecule has 0 bridgehead atoms. The van der Waals surface area contributed by atoms with Crippen LogP contribution in [-0.4, -0.2) is 25.0 Å². The van der Waals surface area contributed by atoms with E-state index >= 15 is 0 Å². The number of nitrogens with two attached hydrogens (primary N) is 1. The van der Waals surface area contributed by atoms with Crippen LogP contribution in [-0.2, 0) is 11.3 Å². The zero-order valence-corrected chi connectivity index (χ0v) is 16.1. The van der Waals surface area contributed by atoms with Crippen molar-refractivity contribution in [3.63, 3.8) is 0 Å². The smallest absolute Gasteiger partial charge is 0.226 e. The van der Waals surface area contributed by atoms with Gasteiger partial charge in [0.15, 0.2) is 5.96 Å². The number of halogens is 1. The van der Waals surface area contributed by atoms with Crippen LogP contribution in [0.15, 0.2) is 29.3 Å². The zero-order chi connectivity index (χ0) is 15.8. The number of anilines is 1. The third-order valence-corrected chi connectivity index (χ3v) is 3.84. The molecular weight excluding hydrogens is 403 g/mol. The Balaban J connectivity index is 0.00000264. The van der Waals surface area contributed by atoms with E-state index in [-0.39, 0.29) is 29.9 Å². The van der Waals surface area contributed by atoms with Gasteiger partial charge in [-0.15, -0.1) is 24.0 Å². The number of nitrogens with one attached hydrogen (secondary N) is 1. The summed E-state index contributed by atoms with van der Waals surface area (Å²) in [6.07, 6.45) is 4.97. The lowest BCUT2D eigenvalue weighted by molar-refractivity contribution is -0.119. The summed E-state index contributed by atoms with van der Waals surface area (Å²) in [5.74, 6) is 0.713. The molecule has 6 heteroatoms. The first-order valence-electron chi connectivity index (χ1n) is 8.14. The van der Waals surface area contributed by atoms with Crippen molar-refractivity contribution >= 4 is 41.5 Å². The van der Waals surface area contributed by atoms with Gasteiger partial charge in [0.2, 0.25) is 5.91 Å². The predicted octanol–water partition coefficient (Wildman–Crippen LogP) is 3.03. The number of rotatable bonds is 6. The van der Waals surface area contributed by atoms with Gasteiger partial charge in [-0.2, -0.15) is 0 Å². The average Bonchev–Trinajstić information content (AvgIpc) is 2.54. The van der Waals surface area contributed by atoms with Gasteiger partial charge in [-0.05, 0) is 37.0 Å². The normalized spacial score (nSPS) is 15.3. The Bertz CT molecular complexity index is 516. The molecule has 0 atom stereocenters. The van der Waals surface area contributed by atoms with E-state index < -0.39 is 0 Å². The number of nitrogens with zero attached hydrogens (tertiary/aromatic N) is 2. The van der Waals surface area contributed by atoms with Crippen LogP contribution in [0.3, 0.4) is 0 Å². The van der Waals surface area contributed by atoms with Gasteiger partial charge in [0.25, 0.3) is 0 Å². The number of aliphatic imine (C=N–C) groups is 1. The van der Waals surface area contributed by atoms with Gasteiger partial charge < -0.3 is 16.0 Å². The van der Waals surface area contributed by atoms with Crippen LogP contribution in [0.25, 0.3) is 0 Å². The monoisotopic (exact) mass is 430 g/mol. The van der Waals surface area contributed by atoms with Gasteiger partial charge in [0.1, 0.15) is 0 Å². The second kappa shape index (κ2) is 10.5. The van der Waals surface area contributed by atoms with Gasteiger partial charge >= 0.3 is 0 Å². The van der Waals surface area contributed by atoms with E-state index in [1.807, 2.05) is 29.2 Å². The lowest BCUT2D eigenvalue weighted by atomic mass is 10.1. The molecule has 23 heavy (non-hydrogen) atoms. The van der Waals surface area contributed by atoms with Crippen LogP contribution in [0.2, 0.25) is 0 Å². The Kier molecular flexibility index (Phi) is 8.98. The molecule has 1 saturated heterocycles. The Morgan fingerprint density at radius 3 is 2.70 bits per heavy atom. The molecule has 0 aromatic heterocycles. The summed E-state index contributed by atoms with van der Waals surface area (Å²) in [5.41, 5.74) is 7.88. The first-order valence-corrected chi connectivity index (χ1v) is 8.14. The van der Waals surface area contributed by atoms with Gasteiger partial charge in [0, 0.05) is 25.2 Å². The van der Waals surface area contributed by atoms with E-state index in [0.717, 1.165) is 50.0 Å². The van der Waals surface area contributed by atoms with Gasteiger partial charge in [-0.3, -0.25) is 4.79 Å². The Morgan fingerprint density at radius 1 is 1.30 bits per heavy atom. The minimum absolute atomic E-state index is 0. The summed E-state index contributed by atoms with van der Waals surface area (Å²) in [6, 6.07) is 8.02. The molecule has 1 heterocycles. The summed E-state index contributed by atoms with van der Waals surface area (Å²) in [5, 5.41) is 3.10. The lowest BCUT2D eigenvalue weighted by Crippen LogP contribution is -2.35. The summed E-state index contributed by atoms with van der Waals surface area (Å²) >= 11 is 0. The number of carbonyl (C=O) groups is 1. The van der Waals surface area contributed by atoms with E-state index in [0.29, 0.717) is 18.9 Å². The van der Waals surface area contributed by atoms with Crippen LogP contribution in [0.1, 0.15) is 44.6 Å². The highest BCUT2D eigenvalue weighted by atomic mass is 127. The highest BCUT2D eigenvalue weighted by Crippen LogP contribution is 2.21. The van der Waals surface area contributed by atoms with E-state index in [9.17, 15) is 4.79 Å². The summed E-state index contributed by atoms with van der Waals surface area (Å²) < 4.78 is 0. The number of unbranched alkanes of at least 4 members (excludes halogenated alkanes) is 1. The maximum absolute atomic E-state index is 11.9. The van der Waals surface area contributed by atoms with Crippen molar-refractivity contribution in [3.05, 3.63) is 29.8 Å². The van der Waals surface area contributed by atoms with Crippen LogP contribution in [0.5, 0.6) is 0 Å². The number of guanidine groups is 1. The molecule has 0 aliphatic carbocycles. The van der Waals surface area contributed by atoms with E-state index in [4.69, 9.17) is 5.73 Å². The quantitative estimate of drug-likeness (QED) is 0.316. The third kappa shape index (κ3) is 6.37. The molecular formula is C17H27IN4O. The molecule has 1 aromatic carbocycles. The number of carbonyl (C=O) groups excluding carboxylic acids is 1. The zero-order valence-electron chi connectivity index (χ0n) is 13.8. The minimum Gasteiger partial charge on any atom is -0.370 e. The predicted molar refractivity (Wildman–Crippen MR) is 106 cm³/mol. The molecule has 3 N–H and O–H groups in total. The lowest BCUT2D eigenvalue weighted by Gasteiger charge is -2.26. The van der Waals surface area contributed by atoms with Gasteiger partial charge in [-0.25, -0.2) is 4.99 Å². The van der Waals surface area contributed by atoms with Crippen molar-refractivity contribution < 1.29 is 4.79 Å². The number of hydrogen-bond donors (Lipinski definition) is 2. The van der Waals surface area contributed by atoms with Gasteiger partial charge in [-0.1, -0.05) is 25.5 Å². The molecule has 1 aliphatic heterocycles. The Labute approximate surface area is 155 Å². The highest BCUT2D eigenvalue weighted by molar-refractivity contribution is 14.0. The molecule has 0 radical (unpaired) electrons. The Morgan fingerprint density at radius 2 is 2.04 bits per heavy atom. The fraction of sp³-hybridized carbons (Fsp3) is 0.529. The first-order chi connectivity index (χ1) is 10.7.